The van der Waals surface area contributed by atoms with Gasteiger partial charge in [-0.1, -0.05) is 49.4 Å². The van der Waals surface area contributed by atoms with Gasteiger partial charge in [-0.3, -0.25) is 0 Å². The summed E-state index contributed by atoms with van der Waals surface area (Å²) in [5, 5.41) is 9.35. The van der Waals surface area contributed by atoms with Crippen molar-refractivity contribution in [1.29, 1.82) is 0 Å². The number of carboxylic acid groups (broad SMARTS) is 1. The smallest absolute Gasteiger partial charge is 0.356 e. The van der Waals surface area contributed by atoms with Gasteiger partial charge in [0.1, 0.15) is 0 Å². The average molecular weight is 262 g/mol. The van der Waals surface area contributed by atoms with E-state index in [-0.39, 0.29) is 10.8 Å². The maximum absolute atomic E-state index is 11.1. The third-order valence-electron chi connectivity index (χ3n) is 2.69. The van der Waals surface area contributed by atoms with Crippen LogP contribution in [0.15, 0.2) is 24.3 Å². The number of nitrogen functional groups attached to an aromatic ring is 1. The number of hydrogen-bond acceptors (Lipinski definition) is 4. The van der Waals surface area contributed by atoms with E-state index in [9.17, 15) is 4.79 Å². The molecular weight excluding hydrogens is 248 g/mol. The minimum Gasteiger partial charge on any atom is -0.476 e. The molecule has 1 heterocycles. The van der Waals surface area contributed by atoms with Gasteiger partial charge in [0.2, 0.25) is 0 Å². The number of nitrogens with zero attached hydrogens (tertiary/aromatic N) is 1. The van der Waals surface area contributed by atoms with E-state index < -0.39 is 5.97 Å². The molecule has 0 aliphatic rings. The zero-order chi connectivity index (χ0) is 13.3. The molecule has 0 amide bonds. The zero-order valence-electron chi connectivity index (χ0n) is 10.2. The highest BCUT2D eigenvalue weighted by molar-refractivity contribution is 7.19. The fourth-order valence-electron chi connectivity index (χ4n) is 1.70. The van der Waals surface area contributed by atoms with Crippen LogP contribution in [-0.4, -0.2) is 16.1 Å². The van der Waals surface area contributed by atoms with Crippen LogP contribution in [0.2, 0.25) is 0 Å². The highest BCUT2D eigenvalue weighted by Crippen LogP contribution is 2.32. The van der Waals surface area contributed by atoms with Gasteiger partial charge < -0.3 is 10.8 Å². The Morgan fingerprint density at radius 3 is 2.44 bits per heavy atom. The third-order valence-corrected chi connectivity index (χ3v) is 3.62. The van der Waals surface area contributed by atoms with Crippen LogP contribution in [0.4, 0.5) is 5.13 Å². The number of aromatic carboxylic acids is 1. The van der Waals surface area contributed by atoms with E-state index >= 15 is 0 Å². The van der Waals surface area contributed by atoms with Crippen molar-refractivity contribution in [2.45, 2.75) is 19.8 Å². The molecule has 0 unspecified atom stereocenters. The number of anilines is 1. The van der Waals surface area contributed by atoms with Gasteiger partial charge in [-0.25, -0.2) is 9.78 Å². The molecular formula is C13H14N2O2S. The zero-order valence-corrected chi connectivity index (χ0v) is 11.0. The molecule has 3 N–H and O–H groups in total. The normalized spacial score (nSPS) is 10.8. The summed E-state index contributed by atoms with van der Waals surface area (Å²) in [6, 6.07) is 7.83. The van der Waals surface area contributed by atoms with Crippen LogP contribution >= 0.6 is 11.3 Å². The second kappa shape index (κ2) is 4.78. The van der Waals surface area contributed by atoms with Crippen LogP contribution in [0.25, 0.3) is 10.4 Å². The lowest BCUT2D eigenvalue weighted by molar-refractivity contribution is 0.0692. The Kier molecular flexibility index (Phi) is 3.34. The SMILES string of the molecule is CC(C)c1ccc(-c2sc(N)nc2C(=O)O)cc1. The van der Waals surface area contributed by atoms with Crippen molar-refractivity contribution < 1.29 is 9.90 Å². The molecule has 1 aromatic heterocycles. The molecule has 0 aliphatic carbocycles. The van der Waals surface area contributed by atoms with Gasteiger partial charge in [-0.15, -0.1) is 0 Å². The van der Waals surface area contributed by atoms with E-state index in [1.807, 2.05) is 24.3 Å². The largest absolute Gasteiger partial charge is 0.476 e. The molecule has 4 nitrogen and oxygen atoms in total. The summed E-state index contributed by atoms with van der Waals surface area (Å²) >= 11 is 1.20. The van der Waals surface area contributed by atoms with E-state index in [2.05, 4.69) is 18.8 Å². The molecule has 0 radical (unpaired) electrons. The van der Waals surface area contributed by atoms with E-state index in [0.717, 1.165) is 5.56 Å². The topological polar surface area (TPSA) is 76.2 Å². The Hall–Kier alpha value is -1.88. The van der Waals surface area contributed by atoms with Gasteiger partial charge in [0, 0.05) is 0 Å². The summed E-state index contributed by atoms with van der Waals surface area (Å²) in [5.74, 6) is -0.601. The van der Waals surface area contributed by atoms with Gasteiger partial charge >= 0.3 is 5.97 Å². The van der Waals surface area contributed by atoms with Crippen molar-refractivity contribution in [3.8, 4) is 10.4 Å². The predicted octanol–water partition coefficient (Wildman–Crippen LogP) is 3.21. The highest BCUT2D eigenvalue weighted by atomic mass is 32.1. The number of hydrogen-bond donors (Lipinski definition) is 2. The molecule has 0 aliphatic heterocycles. The minimum absolute atomic E-state index is 0.0230. The Morgan fingerprint density at radius 2 is 1.94 bits per heavy atom. The summed E-state index contributed by atoms with van der Waals surface area (Å²) in [6.45, 7) is 4.23. The lowest BCUT2D eigenvalue weighted by Crippen LogP contribution is -1.99. The molecule has 2 aromatic rings. The van der Waals surface area contributed by atoms with Crippen molar-refractivity contribution in [3.63, 3.8) is 0 Å². The van der Waals surface area contributed by atoms with E-state index in [1.165, 1.54) is 16.9 Å². The molecule has 1 aromatic carbocycles. The first kappa shape index (κ1) is 12.6. The molecule has 0 saturated heterocycles. The summed E-state index contributed by atoms with van der Waals surface area (Å²) < 4.78 is 0. The van der Waals surface area contributed by atoms with Crippen molar-refractivity contribution in [3.05, 3.63) is 35.5 Å². The minimum atomic E-state index is -1.05. The first-order valence-electron chi connectivity index (χ1n) is 5.59. The van der Waals surface area contributed by atoms with E-state index in [4.69, 9.17) is 10.8 Å². The van der Waals surface area contributed by atoms with Crippen LogP contribution in [0.1, 0.15) is 35.8 Å². The first-order chi connectivity index (χ1) is 8.49. The van der Waals surface area contributed by atoms with Gasteiger partial charge in [0.15, 0.2) is 10.8 Å². The van der Waals surface area contributed by atoms with Crippen LogP contribution in [0.3, 0.4) is 0 Å². The predicted molar refractivity (Wildman–Crippen MR) is 73.0 cm³/mol. The molecule has 0 fully saturated rings. The van der Waals surface area contributed by atoms with Crippen LogP contribution < -0.4 is 5.73 Å². The third kappa shape index (κ3) is 2.36. The Labute approximate surface area is 109 Å². The molecule has 2 rings (SSSR count). The molecule has 0 bridgehead atoms. The monoisotopic (exact) mass is 262 g/mol. The molecule has 0 atom stereocenters. The number of rotatable bonds is 3. The van der Waals surface area contributed by atoms with Crippen molar-refractivity contribution >= 4 is 22.4 Å². The van der Waals surface area contributed by atoms with Crippen LogP contribution in [0.5, 0.6) is 0 Å². The summed E-state index contributed by atoms with van der Waals surface area (Å²) in [4.78, 5) is 15.5. The number of thiazole rings is 1. The van der Waals surface area contributed by atoms with E-state index in [1.54, 1.807) is 0 Å². The summed E-state index contributed by atoms with van der Waals surface area (Å²) in [5.41, 5.74) is 7.65. The molecule has 18 heavy (non-hydrogen) atoms. The lowest BCUT2D eigenvalue weighted by Gasteiger charge is -2.06. The van der Waals surface area contributed by atoms with Crippen molar-refractivity contribution in [2.75, 3.05) is 5.73 Å². The average Bonchev–Trinajstić information content (AvgIpc) is 2.71. The molecule has 94 valence electrons. The maximum Gasteiger partial charge on any atom is 0.356 e. The molecule has 0 saturated carbocycles. The number of aromatic nitrogens is 1. The standard InChI is InChI=1S/C13H14N2O2S/c1-7(2)8-3-5-9(6-4-8)11-10(12(16)17)15-13(14)18-11/h3-7H,1-2H3,(H2,14,15)(H,16,17). The quantitative estimate of drug-likeness (QED) is 0.890. The van der Waals surface area contributed by atoms with E-state index in [0.29, 0.717) is 10.8 Å². The number of carbonyl (C=O) groups is 1. The number of nitrogens with two attached hydrogens (primary N) is 1. The lowest BCUT2D eigenvalue weighted by atomic mass is 10.0. The fourth-order valence-corrected chi connectivity index (χ4v) is 2.53. The van der Waals surface area contributed by atoms with Gasteiger partial charge in [-0.2, -0.15) is 0 Å². The number of carboxylic acids is 1. The van der Waals surface area contributed by atoms with Crippen LogP contribution in [0, 0.1) is 0 Å². The summed E-state index contributed by atoms with van der Waals surface area (Å²) in [7, 11) is 0. The van der Waals surface area contributed by atoms with Gasteiger partial charge in [-0.05, 0) is 17.0 Å². The second-order valence-corrected chi connectivity index (χ2v) is 5.34. The number of benzene rings is 1. The molecule has 0 spiro atoms. The fraction of sp³-hybridized carbons (Fsp3) is 0.231. The van der Waals surface area contributed by atoms with Crippen molar-refractivity contribution in [1.82, 2.24) is 4.98 Å². The first-order valence-corrected chi connectivity index (χ1v) is 6.40. The Bertz CT molecular complexity index is 573. The Morgan fingerprint density at radius 1 is 1.33 bits per heavy atom. The van der Waals surface area contributed by atoms with Crippen molar-refractivity contribution in [2.24, 2.45) is 0 Å². The Balaban J connectivity index is 2.45. The maximum atomic E-state index is 11.1. The second-order valence-electron chi connectivity index (χ2n) is 4.31. The van der Waals surface area contributed by atoms with Gasteiger partial charge in [0.05, 0.1) is 4.88 Å². The van der Waals surface area contributed by atoms with Gasteiger partial charge in [0.25, 0.3) is 0 Å². The molecule has 5 heteroatoms. The highest BCUT2D eigenvalue weighted by Gasteiger charge is 2.17. The van der Waals surface area contributed by atoms with Crippen LogP contribution in [-0.2, 0) is 0 Å². The summed E-state index contributed by atoms with van der Waals surface area (Å²) in [6.07, 6.45) is 0.